The molecule has 0 saturated heterocycles. The van der Waals surface area contributed by atoms with E-state index < -0.39 is 0 Å². The molecular formula is C20H25N3O2. The fourth-order valence-corrected chi connectivity index (χ4v) is 2.31. The summed E-state index contributed by atoms with van der Waals surface area (Å²) in [6.45, 7) is 3.96. The quantitative estimate of drug-likeness (QED) is 0.846. The van der Waals surface area contributed by atoms with E-state index in [2.05, 4.69) is 10.6 Å². The summed E-state index contributed by atoms with van der Waals surface area (Å²) in [6.07, 6.45) is 0.845. The molecule has 0 saturated carbocycles. The summed E-state index contributed by atoms with van der Waals surface area (Å²) >= 11 is 0. The molecule has 1 atom stereocenters. The van der Waals surface area contributed by atoms with E-state index in [1.165, 1.54) is 0 Å². The number of amides is 2. The summed E-state index contributed by atoms with van der Waals surface area (Å²) in [5.74, 6) is -0.431. The number of para-hydroxylation sites is 1. The number of carbonyl (C=O) groups is 2. The van der Waals surface area contributed by atoms with Gasteiger partial charge in [-0.2, -0.15) is 0 Å². The molecule has 0 spiro atoms. The first-order valence-electron chi connectivity index (χ1n) is 8.41. The zero-order valence-electron chi connectivity index (χ0n) is 15.2. The van der Waals surface area contributed by atoms with Crippen LogP contribution in [0.5, 0.6) is 0 Å². The second-order valence-electron chi connectivity index (χ2n) is 6.23. The Hall–Kier alpha value is -2.82. The predicted octanol–water partition coefficient (Wildman–Crippen LogP) is 3.53. The Morgan fingerprint density at radius 1 is 1.04 bits per heavy atom. The fraction of sp³-hybridized carbons (Fsp3) is 0.300. The highest BCUT2D eigenvalue weighted by Crippen LogP contribution is 2.18. The van der Waals surface area contributed by atoms with Crippen LogP contribution in [-0.2, 0) is 0 Å². The van der Waals surface area contributed by atoms with Crippen LogP contribution in [-0.4, -0.2) is 32.0 Å². The second kappa shape index (κ2) is 8.33. The number of nitrogens with zero attached hydrogens (tertiary/aromatic N) is 1. The normalized spacial score (nSPS) is 11.5. The van der Waals surface area contributed by atoms with Crippen LogP contribution >= 0.6 is 0 Å². The zero-order valence-corrected chi connectivity index (χ0v) is 15.2. The molecule has 0 heterocycles. The van der Waals surface area contributed by atoms with Crippen molar-refractivity contribution >= 4 is 23.2 Å². The smallest absolute Gasteiger partial charge is 0.255 e. The Kier molecular flexibility index (Phi) is 6.17. The van der Waals surface area contributed by atoms with Gasteiger partial charge in [0.15, 0.2) is 0 Å². The topological polar surface area (TPSA) is 61.4 Å². The molecule has 0 fully saturated rings. The van der Waals surface area contributed by atoms with Crippen LogP contribution in [0.25, 0.3) is 0 Å². The standard InChI is InChI=1S/C20H25N3O2/c1-5-14(2)21-20(25)17-11-6-7-12-18(17)22-19(24)15-9-8-10-16(13-15)23(3)4/h6-14H,5H2,1-4H3,(H,21,25)(H,22,24)/t14-/m1/s1. The van der Waals surface area contributed by atoms with Crippen LogP contribution in [0.15, 0.2) is 48.5 Å². The van der Waals surface area contributed by atoms with Crippen LogP contribution in [0, 0.1) is 0 Å². The van der Waals surface area contributed by atoms with Crippen molar-refractivity contribution in [3.05, 3.63) is 59.7 Å². The number of hydrogen-bond donors (Lipinski definition) is 2. The van der Waals surface area contributed by atoms with Gasteiger partial charge < -0.3 is 15.5 Å². The molecule has 25 heavy (non-hydrogen) atoms. The third-order valence-electron chi connectivity index (χ3n) is 4.03. The SMILES string of the molecule is CC[C@@H](C)NC(=O)c1ccccc1NC(=O)c1cccc(N(C)C)c1. The lowest BCUT2D eigenvalue weighted by Crippen LogP contribution is -2.32. The Morgan fingerprint density at radius 2 is 1.76 bits per heavy atom. The maximum Gasteiger partial charge on any atom is 0.255 e. The molecule has 2 aromatic rings. The third kappa shape index (κ3) is 4.83. The van der Waals surface area contributed by atoms with Gasteiger partial charge in [0.25, 0.3) is 11.8 Å². The van der Waals surface area contributed by atoms with Gasteiger partial charge in [0.05, 0.1) is 11.3 Å². The minimum absolute atomic E-state index is 0.0769. The van der Waals surface area contributed by atoms with Crippen molar-refractivity contribution in [3.63, 3.8) is 0 Å². The highest BCUT2D eigenvalue weighted by molar-refractivity contribution is 6.09. The predicted molar refractivity (Wildman–Crippen MR) is 102 cm³/mol. The lowest BCUT2D eigenvalue weighted by atomic mass is 10.1. The van der Waals surface area contributed by atoms with Crippen molar-refractivity contribution in [2.45, 2.75) is 26.3 Å². The van der Waals surface area contributed by atoms with Crippen LogP contribution < -0.4 is 15.5 Å². The van der Waals surface area contributed by atoms with E-state index in [1.54, 1.807) is 30.3 Å². The number of anilines is 2. The maximum atomic E-state index is 12.6. The number of hydrogen-bond acceptors (Lipinski definition) is 3. The van der Waals surface area contributed by atoms with Crippen LogP contribution in [0.2, 0.25) is 0 Å². The van der Waals surface area contributed by atoms with Gasteiger partial charge in [-0.15, -0.1) is 0 Å². The van der Waals surface area contributed by atoms with Crippen molar-refractivity contribution in [1.29, 1.82) is 0 Å². The monoisotopic (exact) mass is 339 g/mol. The van der Waals surface area contributed by atoms with E-state index in [0.717, 1.165) is 12.1 Å². The van der Waals surface area contributed by atoms with Crippen molar-refractivity contribution in [2.24, 2.45) is 0 Å². The average Bonchev–Trinajstić information content (AvgIpc) is 2.62. The van der Waals surface area contributed by atoms with Crippen molar-refractivity contribution in [3.8, 4) is 0 Å². The highest BCUT2D eigenvalue weighted by atomic mass is 16.2. The molecule has 0 bridgehead atoms. The molecule has 2 rings (SSSR count). The largest absolute Gasteiger partial charge is 0.378 e. The van der Waals surface area contributed by atoms with Gasteiger partial charge in [0.2, 0.25) is 0 Å². The number of nitrogens with one attached hydrogen (secondary N) is 2. The molecule has 0 aliphatic carbocycles. The van der Waals surface area contributed by atoms with E-state index >= 15 is 0 Å². The lowest BCUT2D eigenvalue weighted by molar-refractivity contribution is 0.0940. The van der Waals surface area contributed by atoms with Crippen molar-refractivity contribution < 1.29 is 9.59 Å². The molecule has 132 valence electrons. The fourth-order valence-electron chi connectivity index (χ4n) is 2.31. The number of rotatable bonds is 6. The van der Waals surface area contributed by atoms with Gasteiger partial charge >= 0.3 is 0 Å². The molecule has 5 nitrogen and oxygen atoms in total. The molecule has 0 aliphatic rings. The minimum atomic E-state index is -0.243. The van der Waals surface area contributed by atoms with E-state index in [0.29, 0.717) is 16.8 Å². The van der Waals surface area contributed by atoms with Gasteiger partial charge in [0.1, 0.15) is 0 Å². The number of benzene rings is 2. The summed E-state index contributed by atoms with van der Waals surface area (Å²) < 4.78 is 0. The van der Waals surface area contributed by atoms with Crippen molar-refractivity contribution in [2.75, 3.05) is 24.3 Å². The molecule has 0 aliphatic heterocycles. The zero-order chi connectivity index (χ0) is 18.4. The Balaban J connectivity index is 2.21. The summed E-state index contributed by atoms with van der Waals surface area (Å²) in [5.41, 5.74) is 2.45. The van der Waals surface area contributed by atoms with E-state index in [9.17, 15) is 9.59 Å². The summed E-state index contributed by atoms with van der Waals surface area (Å²) in [6, 6.07) is 14.5. The molecule has 0 radical (unpaired) electrons. The van der Waals surface area contributed by atoms with Crippen LogP contribution in [0.3, 0.4) is 0 Å². The Labute approximate surface area is 149 Å². The third-order valence-corrected chi connectivity index (χ3v) is 4.03. The van der Waals surface area contributed by atoms with E-state index in [-0.39, 0.29) is 17.9 Å². The molecular weight excluding hydrogens is 314 g/mol. The van der Waals surface area contributed by atoms with E-state index in [1.807, 2.05) is 51.0 Å². The van der Waals surface area contributed by atoms with Gasteiger partial charge in [0, 0.05) is 31.4 Å². The molecule has 2 N–H and O–H groups in total. The molecule has 0 aromatic heterocycles. The van der Waals surface area contributed by atoms with Crippen LogP contribution in [0.1, 0.15) is 41.0 Å². The highest BCUT2D eigenvalue weighted by Gasteiger charge is 2.15. The molecule has 5 heteroatoms. The first kappa shape index (κ1) is 18.5. The van der Waals surface area contributed by atoms with Gasteiger partial charge in [-0.3, -0.25) is 9.59 Å². The van der Waals surface area contributed by atoms with Gasteiger partial charge in [-0.1, -0.05) is 25.1 Å². The van der Waals surface area contributed by atoms with Crippen molar-refractivity contribution in [1.82, 2.24) is 5.32 Å². The molecule has 2 aromatic carbocycles. The first-order chi connectivity index (χ1) is 11.9. The summed E-state index contributed by atoms with van der Waals surface area (Å²) in [5, 5.41) is 5.77. The van der Waals surface area contributed by atoms with Gasteiger partial charge in [-0.25, -0.2) is 0 Å². The molecule has 0 unspecified atom stereocenters. The van der Waals surface area contributed by atoms with Crippen LogP contribution in [0.4, 0.5) is 11.4 Å². The summed E-state index contributed by atoms with van der Waals surface area (Å²) in [4.78, 5) is 26.9. The second-order valence-corrected chi connectivity index (χ2v) is 6.23. The minimum Gasteiger partial charge on any atom is -0.378 e. The average molecular weight is 339 g/mol. The molecule has 2 amide bonds. The van der Waals surface area contributed by atoms with Gasteiger partial charge in [-0.05, 0) is 43.7 Å². The Bertz CT molecular complexity index is 756. The first-order valence-corrected chi connectivity index (χ1v) is 8.41. The maximum absolute atomic E-state index is 12.6. The van der Waals surface area contributed by atoms with E-state index in [4.69, 9.17) is 0 Å². The lowest BCUT2D eigenvalue weighted by Gasteiger charge is -2.16. The number of carbonyl (C=O) groups excluding carboxylic acids is 2. The summed E-state index contributed by atoms with van der Waals surface area (Å²) in [7, 11) is 3.84. The Morgan fingerprint density at radius 3 is 2.44 bits per heavy atom.